The van der Waals surface area contributed by atoms with Gasteiger partial charge in [0.05, 0.1) is 46.1 Å². The Balaban J connectivity index is 1.21. The molecule has 0 radical (unpaired) electrons. The minimum Gasteiger partial charge on any atom is -0.497 e. The molecular formula is C36H44O6. The van der Waals surface area contributed by atoms with Crippen molar-refractivity contribution < 1.29 is 28.5 Å². The van der Waals surface area contributed by atoms with Crippen LogP contribution in [0.1, 0.15) is 57.1 Å². The van der Waals surface area contributed by atoms with Gasteiger partial charge in [-0.1, -0.05) is 57.2 Å². The Morgan fingerprint density at radius 3 is 2.21 bits per heavy atom. The van der Waals surface area contributed by atoms with Crippen LogP contribution in [-0.2, 0) is 32.2 Å². The van der Waals surface area contributed by atoms with Gasteiger partial charge in [0.1, 0.15) is 17.6 Å². The first-order chi connectivity index (χ1) is 20.3. The van der Waals surface area contributed by atoms with Crippen LogP contribution in [0.5, 0.6) is 11.5 Å². The average molecular weight is 573 g/mol. The minimum absolute atomic E-state index is 0.0632. The zero-order valence-electron chi connectivity index (χ0n) is 25.4. The quantitative estimate of drug-likeness (QED) is 0.182. The van der Waals surface area contributed by atoms with Crippen LogP contribution in [0.25, 0.3) is 0 Å². The zero-order valence-corrected chi connectivity index (χ0v) is 25.4. The smallest absolute Gasteiger partial charge is 0.334 e. The van der Waals surface area contributed by atoms with Gasteiger partial charge in [0.25, 0.3) is 0 Å². The molecule has 0 unspecified atom stereocenters. The van der Waals surface area contributed by atoms with Crippen LogP contribution in [0.15, 0.2) is 72.3 Å². The number of allylic oxidation sites excluding steroid dienone is 1. The first kappa shape index (κ1) is 29.0. The maximum atomic E-state index is 12.8. The number of hydrogen-bond donors (Lipinski definition) is 0. The fraction of sp³-hybridized carbons (Fsp3) is 0.528. The number of benzene rings is 2. The molecule has 7 atom stereocenters. The van der Waals surface area contributed by atoms with Crippen molar-refractivity contribution in [2.75, 3.05) is 20.8 Å². The number of hydrogen-bond acceptors (Lipinski definition) is 6. The van der Waals surface area contributed by atoms with Gasteiger partial charge in [0.2, 0.25) is 0 Å². The lowest BCUT2D eigenvalue weighted by atomic mass is 9.46. The molecule has 6 rings (SSSR count). The van der Waals surface area contributed by atoms with Gasteiger partial charge in [0, 0.05) is 5.57 Å². The molecule has 2 saturated carbocycles. The van der Waals surface area contributed by atoms with E-state index in [4.69, 9.17) is 23.7 Å². The highest BCUT2D eigenvalue weighted by molar-refractivity contribution is 5.91. The van der Waals surface area contributed by atoms with E-state index in [9.17, 15) is 4.79 Å². The molecule has 3 aliphatic carbocycles. The lowest BCUT2D eigenvalue weighted by Gasteiger charge is -2.60. The van der Waals surface area contributed by atoms with Crippen LogP contribution in [-0.4, -0.2) is 39.0 Å². The summed E-state index contributed by atoms with van der Waals surface area (Å²) >= 11 is 0. The highest BCUT2D eigenvalue weighted by Gasteiger charge is 2.60. The molecule has 1 heterocycles. The van der Waals surface area contributed by atoms with E-state index in [1.807, 2.05) is 36.4 Å². The van der Waals surface area contributed by atoms with Gasteiger partial charge in [-0.05, 0) is 89.3 Å². The Kier molecular flexibility index (Phi) is 7.97. The maximum absolute atomic E-state index is 12.8. The monoisotopic (exact) mass is 572 g/mol. The van der Waals surface area contributed by atoms with Gasteiger partial charge in [-0.25, -0.2) is 4.79 Å². The molecule has 6 heteroatoms. The average Bonchev–Trinajstić information content (AvgIpc) is 3.30. The standard InChI is InChI=1S/C36H44O6/c1-23-32-30(41-21-25-9-13-27(39-5)14-10-25)19-29-28(33(32)42-34(23)37)15-16-31-35(2,17-6-18-36(29,31)3)22-40-20-24-7-11-26(38-4)12-8-24/h7-15,29-33H,1,6,16-22H2,2-5H3/t29-,30+,31-,32-,33+,35-,36+/m1/s1. The second kappa shape index (κ2) is 11.5. The maximum Gasteiger partial charge on any atom is 0.334 e. The number of rotatable bonds is 9. The van der Waals surface area contributed by atoms with Crippen LogP contribution in [0.2, 0.25) is 0 Å². The van der Waals surface area contributed by atoms with E-state index in [1.165, 1.54) is 5.57 Å². The van der Waals surface area contributed by atoms with Crippen LogP contribution in [0, 0.1) is 28.6 Å². The number of esters is 1. The fourth-order valence-electron chi connectivity index (χ4n) is 8.54. The van der Waals surface area contributed by atoms with Crippen molar-refractivity contribution in [2.45, 2.75) is 71.4 Å². The summed E-state index contributed by atoms with van der Waals surface area (Å²) < 4.78 is 29.7. The Morgan fingerprint density at radius 1 is 0.929 bits per heavy atom. The molecule has 1 aliphatic heterocycles. The third-order valence-corrected chi connectivity index (χ3v) is 10.8. The molecule has 224 valence electrons. The predicted octanol–water partition coefficient (Wildman–Crippen LogP) is 7.07. The zero-order chi connectivity index (χ0) is 29.5. The molecule has 4 aliphatic rings. The highest BCUT2D eigenvalue weighted by Crippen LogP contribution is 2.64. The van der Waals surface area contributed by atoms with Crippen molar-refractivity contribution in [2.24, 2.45) is 28.6 Å². The molecule has 42 heavy (non-hydrogen) atoms. The van der Waals surface area contributed by atoms with Crippen molar-refractivity contribution in [3.63, 3.8) is 0 Å². The van der Waals surface area contributed by atoms with Crippen LogP contribution >= 0.6 is 0 Å². The molecule has 0 amide bonds. The third kappa shape index (κ3) is 5.17. The van der Waals surface area contributed by atoms with Gasteiger partial charge < -0.3 is 23.7 Å². The second-order valence-electron chi connectivity index (χ2n) is 13.2. The van der Waals surface area contributed by atoms with Crippen molar-refractivity contribution >= 4 is 5.97 Å². The number of methoxy groups -OCH3 is 2. The normalized spacial score (nSPS) is 33.6. The fourth-order valence-corrected chi connectivity index (χ4v) is 8.54. The van der Waals surface area contributed by atoms with Crippen molar-refractivity contribution in [3.05, 3.63) is 83.5 Å². The summed E-state index contributed by atoms with van der Waals surface area (Å²) in [4.78, 5) is 12.8. The largest absolute Gasteiger partial charge is 0.497 e. The van der Waals surface area contributed by atoms with Gasteiger partial charge >= 0.3 is 5.97 Å². The molecule has 6 nitrogen and oxygen atoms in total. The SMILES string of the molecule is C=C1C(=O)O[C@H]2C3=CC[C@@H]4[C@@](C)(COCc5ccc(OC)cc5)CCC[C@@]4(C)[C@@H]3C[C@H](OCc3ccc(OC)cc3)[C@@H]12. The Morgan fingerprint density at radius 2 is 1.57 bits per heavy atom. The molecule has 2 aromatic rings. The topological polar surface area (TPSA) is 63.2 Å². The first-order valence-electron chi connectivity index (χ1n) is 15.3. The highest BCUT2D eigenvalue weighted by atomic mass is 16.6. The molecule has 0 N–H and O–H groups in total. The van der Waals surface area contributed by atoms with E-state index in [-0.39, 0.29) is 34.9 Å². The van der Waals surface area contributed by atoms with E-state index in [1.54, 1.807) is 14.2 Å². The van der Waals surface area contributed by atoms with E-state index in [0.29, 0.717) is 30.6 Å². The van der Waals surface area contributed by atoms with Crippen LogP contribution in [0.3, 0.4) is 0 Å². The Hall–Kier alpha value is -3.09. The number of carbonyl (C=O) groups is 1. The lowest BCUT2D eigenvalue weighted by Crippen LogP contribution is -2.56. The van der Waals surface area contributed by atoms with Gasteiger partial charge in [0.15, 0.2) is 0 Å². The predicted molar refractivity (Wildman–Crippen MR) is 161 cm³/mol. The first-order valence-corrected chi connectivity index (χ1v) is 15.3. The van der Waals surface area contributed by atoms with Gasteiger partial charge in [-0.3, -0.25) is 0 Å². The van der Waals surface area contributed by atoms with Gasteiger partial charge in [-0.2, -0.15) is 0 Å². The van der Waals surface area contributed by atoms with E-state index in [0.717, 1.165) is 61.3 Å². The molecule has 0 aromatic heterocycles. The van der Waals surface area contributed by atoms with Crippen LogP contribution in [0.4, 0.5) is 0 Å². The summed E-state index contributed by atoms with van der Waals surface area (Å²) in [5.74, 6) is 2.03. The van der Waals surface area contributed by atoms with E-state index < -0.39 is 0 Å². The summed E-state index contributed by atoms with van der Waals surface area (Å²) in [6.07, 6.45) is 7.32. The van der Waals surface area contributed by atoms with Crippen molar-refractivity contribution in [1.29, 1.82) is 0 Å². The summed E-state index contributed by atoms with van der Waals surface area (Å²) in [7, 11) is 3.36. The number of carbonyl (C=O) groups excluding carboxylic acids is 1. The summed E-state index contributed by atoms with van der Waals surface area (Å²) in [5, 5.41) is 0. The molecule has 3 fully saturated rings. The summed E-state index contributed by atoms with van der Waals surface area (Å²) in [6.45, 7) is 10.8. The molecule has 1 saturated heterocycles. The number of ether oxygens (including phenoxy) is 5. The molecule has 0 bridgehead atoms. The molecule has 2 aromatic carbocycles. The number of fused-ring (bicyclic) bond motifs is 5. The van der Waals surface area contributed by atoms with Crippen molar-refractivity contribution in [3.8, 4) is 11.5 Å². The van der Waals surface area contributed by atoms with Crippen molar-refractivity contribution in [1.82, 2.24) is 0 Å². The summed E-state index contributed by atoms with van der Waals surface area (Å²) in [6, 6.07) is 16.1. The minimum atomic E-state index is -0.280. The third-order valence-electron chi connectivity index (χ3n) is 10.8. The Labute approximate surface area is 250 Å². The second-order valence-corrected chi connectivity index (χ2v) is 13.2. The molecule has 0 spiro atoms. The van der Waals surface area contributed by atoms with Gasteiger partial charge in [-0.15, -0.1) is 0 Å². The molecular weight excluding hydrogens is 528 g/mol. The Bertz CT molecular complexity index is 1330. The summed E-state index contributed by atoms with van der Waals surface area (Å²) in [5.41, 5.74) is 4.21. The van der Waals surface area contributed by atoms with E-state index in [2.05, 4.69) is 38.6 Å². The van der Waals surface area contributed by atoms with Crippen LogP contribution < -0.4 is 9.47 Å². The lowest BCUT2D eigenvalue weighted by molar-refractivity contribution is -0.144. The van der Waals surface area contributed by atoms with E-state index >= 15 is 0 Å².